The van der Waals surface area contributed by atoms with E-state index in [0.717, 1.165) is 0 Å². The van der Waals surface area contributed by atoms with Gasteiger partial charge in [-0.15, -0.1) is 0 Å². The fourth-order valence-corrected chi connectivity index (χ4v) is 1.88. The number of rotatable bonds is 5. The minimum absolute atomic E-state index is 0.134. The largest absolute Gasteiger partial charge is 0.507 e. The van der Waals surface area contributed by atoms with Gasteiger partial charge in [-0.05, 0) is 18.6 Å². The van der Waals surface area contributed by atoms with Crippen molar-refractivity contribution in [1.82, 2.24) is 5.32 Å². The van der Waals surface area contributed by atoms with Crippen molar-refractivity contribution in [2.75, 3.05) is 18.6 Å². The highest BCUT2D eigenvalue weighted by Gasteiger charge is 2.14. The molecule has 1 amide bonds. The van der Waals surface area contributed by atoms with Crippen molar-refractivity contribution in [3.63, 3.8) is 0 Å². The zero-order valence-corrected chi connectivity index (χ0v) is 10.3. The van der Waals surface area contributed by atoms with E-state index >= 15 is 0 Å². The van der Waals surface area contributed by atoms with Crippen LogP contribution in [0.4, 0.5) is 0 Å². The zero-order valence-electron chi connectivity index (χ0n) is 9.47. The van der Waals surface area contributed by atoms with Crippen LogP contribution in [0.25, 0.3) is 0 Å². The van der Waals surface area contributed by atoms with Crippen LogP contribution in [-0.2, 0) is 10.8 Å². The summed E-state index contributed by atoms with van der Waals surface area (Å²) in [4.78, 5) is 11.6. The number of nitrogens with one attached hydrogen (secondary N) is 1. The summed E-state index contributed by atoms with van der Waals surface area (Å²) in [5.74, 6) is -0.557. The summed E-state index contributed by atoms with van der Waals surface area (Å²) in [6.45, 7) is 0.353. The summed E-state index contributed by atoms with van der Waals surface area (Å²) in [5.41, 5.74) is -0.134. The Kier molecular flexibility index (Phi) is 4.96. The van der Waals surface area contributed by atoms with Gasteiger partial charge < -0.3 is 15.5 Å². The van der Waals surface area contributed by atoms with Crippen molar-refractivity contribution in [3.05, 3.63) is 23.8 Å². The van der Waals surface area contributed by atoms with E-state index in [1.165, 1.54) is 18.2 Å². The van der Waals surface area contributed by atoms with Crippen molar-refractivity contribution >= 4 is 16.7 Å². The van der Waals surface area contributed by atoms with Crippen LogP contribution in [0.1, 0.15) is 16.8 Å². The lowest BCUT2D eigenvalue weighted by Gasteiger charge is -2.07. The van der Waals surface area contributed by atoms with Crippen LogP contribution >= 0.6 is 0 Å². The van der Waals surface area contributed by atoms with Gasteiger partial charge in [-0.25, -0.2) is 0 Å². The van der Waals surface area contributed by atoms with Crippen molar-refractivity contribution < 1.29 is 19.2 Å². The average Bonchev–Trinajstić information content (AvgIpc) is 2.24. The van der Waals surface area contributed by atoms with Gasteiger partial charge in [-0.1, -0.05) is 6.07 Å². The van der Waals surface area contributed by atoms with Gasteiger partial charge in [0.1, 0.15) is 17.1 Å². The second kappa shape index (κ2) is 6.24. The SMILES string of the molecule is CS(=O)CCCNC(=O)c1c(O)cccc1O. The molecule has 1 unspecified atom stereocenters. The molecule has 0 radical (unpaired) electrons. The van der Waals surface area contributed by atoms with Crippen LogP contribution < -0.4 is 5.32 Å². The highest BCUT2D eigenvalue weighted by molar-refractivity contribution is 7.84. The van der Waals surface area contributed by atoms with E-state index < -0.39 is 16.7 Å². The number of phenolic OH excluding ortho intramolecular Hbond substituents is 2. The Morgan fingerprint density at radius 1 is 1.35 bits per heavy atom. The third-order valence-electron chi connectivity index (χ3n) is 2.14. The van der Waals surface area contributed by atoms with Crippen LogP contribution in [-0.4, -0.2) is 38.9 Å². The molecule has 3 N–H and O–H groups in total. The molecule has 0 saturated heterocycles. The molecule has 94 valence electrons. The Bertz CT molecular complexity index is 413. The summed E-state index contributed by atoms with van der Waals surface area (Å²) >= 11 is 0. The molecule has 0 bridgehead atoms. The van der Waals surface area contributed by atoms with Crippen LogP contribution in [0, 0.1) is 0 Å². The monoisotopic (exact) mass is 257 g/mol. The third-order valence-corrected chi connectivity index (χ3v) is 3.01. The highest BCUT2D eigenvalue weighted by atomic mass is 32.2. The molecule has 1 atom stereocenters. The van der Waals surface area contributed by atoms with Gasteiger partial charge in [0.15, 0.2) is 0 Å². The second-order valence-electron chi connectivity index (χ2n) is 3.56. The van der Waals surface area contributed by atoms with E-state index in [9.17, 15) is 19.2 Å². The van der Waals surface area contributed by atoms with Crippen molar-refractivity contribution in [2.45, 2.75) is 6.42 Å². The lowest BCUT2D eigenvalue weighted by Crippen LogP contribution is -2.25. The van der Waals surface area contributed by atoms with E-state index in [1.54, 1.807) is 6.26 Å². The van der Waals surface area contributed by atoms with E-state index in [2.05, 4.69) is 5.32 Å². The smallest absolute Gasteiger partial charge is 0.258 e. The standard InChI is InChI=1S/C11H15NO4S/c1-17(16)7-3-6-12-11(15)10-8(13)4-2-5-9(10)14/h2,4-5,13-14H,3,6-7H2,1H3,(H,12,15). The lowest BCUT2D eigenvalue weighted by molar-refractivity contribution is 0.0948. The molecule has 1 rings (SSSR count). The molecule has 0 aliphatic rings. The maximum absolute atomic E-state index is 11.6. The normalized spacial score (nSPS) is 12.1. The van der Waals surface area contributed by atoms with E-state index in [1.807, 2.05) is 0 Å². The highest BCUT2D eigenvalue weighted by Crippen LogP contribution is 2.25. The first kappa shape index (κ1) is 13.5. The second-order valence-corrected chi connectivity index (χ2v) is 5.11. The first-order valence-electron chi connectivity index (χ1n) is 5.11. The quantitative estimate of drug-likeness (QED) is 0.674. The molecular weight excluding hydrogens is 242 g/mol. The Morgan fingerprint density at radius 3 is 2.47 bits per heavy atom. The molecule has 0 saturated carbocycles. The predicted molar refractivity (Wildman–Crippen MR) is 65.7 cm³/mol. The van der Waals surface area contributed by atoms with Gasteiger partial charge in [-0.3, -0.25) is 9.00 Å². The van der Waals surface area contributed by atoms with E-state index in [0.29, 0.717) is 18.7 Å². The molecule has 0 fully saturated rings. The fourth-order valence-electron chi connectivity index (χ4n) is 1.33. The Balaban J connectivity index is 2.55. The Labute approximate surface area is 102 Å². The van der Waals surface area contributed by atoms with Gasteiger partial charge in [0.2, 0.25) is 0 Å². The van der Waals surface area contributed by atoms with Crippen LogP contribution in [0.2, 0.25) is 0 Å². The minimum Gasteiger partial charge on any atom is -0.507 e. The number of carbonyl (C=O) groups is 1. The van der Waals surface area contributed by atoms with Crippen molar-refractivity contribution in [2.24, 2.45) is 0 Å². The van der Waals surface area contributed by atoms with Gasteiger partial charge in [0, 0.05) is 29.4 Å². The average molecular weight is 257 g/mol. The molecule has 0 aliphatic carbocycles. The predicted octanol–water partition coefficient (Wildman–Crippen LogP) is 0.596. The van der Waals surface area contributed by atoms with Gasteiger partial charge in [0.25, 0.3) is 5.91 Å². The third kappa shape index (κ3) is 4.07. The van der Waals surface area contributed by atoms with Gasteiger partial charge >= 0.3 is 0 Å². The number of benzene rings is 1. The van der Waals surface area contributed by atoms with Crippen molar-refractivity contribution in [3.8, 4) is 11.5 Å². The number of hydrogen-bond acceptors (Lipinski definition) is 4. The summed E-state index contributed by atoms with van der Waals surface area (Å²) in [5, 5.41) is 21.4. The molecule has 1 aromatic carbocycles. The molecule has 6 heteroatoms. The van der Waals surface area contributed by atoms with Crippen LogP contribution in [0.15, 0.2) is 18.2 Å². The molecule has 0 aromatic heterocycles. The summed E-state index contributed by atoms with van der Waals surface area (Å²) in [6, 6.07) is 4.10. The molecule has 17 heavy (non-hydrogen) atoms. The topological polar surface area (TPSA) is 86.6 Å². The van der Waals surface area contributed by atoms with Gasteiger partial charge in [0.05, 0.1) is 0 Å². The number of hydrogen-bond donors (Lipinski definition) is 3. The van der Waals surface area contributed by atoms with Crippen LogP contribution in [0.5, 0.6) is 11.5 Å². The molecule has 1 aromatic rings. The van der Waals surface area contributed by atoms with Gasteiger partial charge in [-0.2, -0.15) is 0 Å². The first-order chi connectivity index (χ1) is 8.02. The molecule has 0 spiro atoms. The Morgan fingerprint density at radius 2 is 1.94 bits per heavy atom. The molecule has 5 nitrogen and oxygen atoms in total. The molecule has 0 aliphatic heterocycles. The summed E-state index contributed by atoms with van der Waals surface area (Å²) in [7, 11) is -0.884. The number of carbonyl (C=O) groups excluding carboxylic acids is 1. The number of aromatic hydroxyl groups is 2. The Hall–Kier alpha value is -1.56. The zero-order chi connectivity index (χ0) is 12.8. The van der Waals surface area contributed by atoms with E-state index in [4.69, 9.17) is 0 Å². The fraction of sp³-hybridized carbons (Fsp3) is 0.364. The molecular formula is C11H15NO4S. The summed E-state index contributed by atoms with van der Waals surface area (Å²) < 4.78 is 10.8. The maximum atomic E-state index is 11.6. The molecule has 0 heterocycles. The minimum atomic E-state index is -0.884. The summed E-state index contributed by atoms with van der Waals surface area (Å²) in [6.07, 6.45) is 2.18. The number of phenols is 2. The number of amides is 1. The first-order valence-corrected chi connectivity index (χ1v) is 6.84. The van der Waals surface area contributed by atoms with E-state index in [-0.39, 0.29) is 17.1 Å². The lowest BCUT2D eigenvalue weighted by atomic mass is 10.1. The maximum Gasteiger partial charge on any atom is 0.258 e. The van der Waals surface area contributed by atoms with Crippen molar-refractivity contribution in [1.29, 1.82) is 0 Å². The van der Waals surface area contributed by atoms with Crippen LogP contribution in [0.3, 0.4) is 0 Å².